The fourth-order valence-corrected chi connectivity index (χ4v) is 3.18. The molecule has 2 aromatic rings. The summed E-state index contributed by atoms with van der Waals surface area (Å²) in [6.07, 6.45) is 0.956. The Morgan fingerprint density at radius 2 is 2.00 bits per heavy atom. The largest absolute Gasteiger partial charge is 0.497 e. The lowest BCUT2D eigenvalue weighted by Crippen LogP contribution is -2.28. The minimum absolute atomic E-state index is 0.0487. The Morgan fingerprint density at radius 3 is 2.61 bits per heavy atom. The molecule has 0 radical (unpaired) electrons. The summed E-state index contributed by atoms with van der Waals surface area (Å²) in [5.41, 5.74) is 1.72. The first-order valence-corrected chi connectivity index (χ1v) is 8.95. The van der Waals surface area contributed by atoms with E-state index in [1.807, 2.05) is 31.2 Å². The molecular weight excluding hydrogens is 362 g/mol. The van der Waals surface area contributed by atoms with Crippen molar-refractivity contribution in [1.82, 2.24) is 0 Å². The number of nitrogens with one attached hydrogen (secondary N) is 1. The van der Waals surface area contributed by atoms with Gasteiger partial charge in [0.2, 0.25) is 11.8 Å². The SMILES string of the molecule is CCc1ccc(N2C[C@@H](C(=O)Nc3cc(OC)ccc3[N+](=O)[O-])CC2=O)cc1. The van der Waals surface area contributed by atoms with Crippen molar-refractivity contribution in [2.75, 3.05) is 23.9 Å². The molecule has 0 spiro atoms. The predicted octanol–water partition coefficient (Wildman–Crippen LogP) is 3.16. The first kappa shape index (κ1) is 19.3. The summed E-state index contributed by atoms with van der Waals surface area (Å²) in [7, 11) is 1.43. The molecule has 8 heteroatoms. The van der Waals surface area contributed by atoms with Crippen LogP contribution in [-0.4, -0.2) is 30.4 Å². The molecule has 2 aromatic carbocycles. The van der Waals surface area contributed by atoms with Gasteiger partial charge in [0, 0.05) is 30.8 Å². The number of hydrogen-bond donors (Lipinski definition) is 1. The number of rotatable bonds is 6. The number of aryl methyl sites for hydroxylation is 1. The van der Waals surface area contributed by atoms with E-state index >= 15 is 0 Å². The highest BCUT2D eigenvalue weighted by Gasteiger charge is 2.35. The lowest BCUT2D eigenvalue weighted by atomic mass is 10.1. The van der Waals surface area contributed by atoms with E-state index in [9.17, 15) is 19.7 Å². The van der Waals surface area contributed by atoms with Crippen LogP contribution in [0.4, 0.5) is 17.1 Å². The summed E-state index contributed by atoms with van der Waals surface area (Å²) in [6, 6.07) is 11.8. The summed E-state index contributed by atoms with van der Waals surface area (Å²) >= 11 is 0. The van der Waals surface area contributed by atoms with Gasteiger partial charge < -0.3 is 15.0 Å². The molecule has 0 bridgehead atoms. The van der Waals surface area contributed by atoms with Crippen LogP contribution in [0.3, 0.4) is 0 Å². The van der Waals surface area contributed by atoms with Crippen molar-refractivity contribution in [2.45, 2.75) is 19.8 Å². The quantitative estimate of drug-likeness (QED) is 0.610. The Kier molecular flexibility index (Phi) is 5.58. The van der Waals surface area contributed by atoms with Crippen LogP contribution in [-0.2, 0) is 16.0 Å². The highest BCUT2D eigenvalue weighted by molar-refractivity contribution is 6.04. The van der Waals surface area contributed by atoms with E-state index in [0.717, 1.165) is 17.7 Å². The van der Waals surface area contributed by atoms with Crippen LogP contribution in [0.1, 0.15) is 18.9 Å². The van der Waals surface area contributed by atoms with Gasteiger partial charge in [-0.2, -0.15) is 0 Å². The van der Waals surface area contributed by atoms with Crippen molar-refractivity contribution in [3.63, 3.8) is 0 Å². The predicted molar refractivity (Wildman–Crippen MR) is 105 cm³/mol. The van der Waals surface area contributed by atoms with Crippen LogP contribution in [0.15, 0.2) is 42.5 Å². The number of nitro benzene ring substituents is 1. The number of nitrogens with zero attached hydrogens (tertiary/aromatic N) is 2. The average molecular weight is 383 g/mol. The topological polar surface area (TPSA) is 102 Å². The molecule has 0 unspecified atom stereocenters. The number of hydrogen-bond acceptors (Lipinski definition) is 5. The highest BCUT2D eigenvalue weighted by Crippen LogP contribution is 2.31. The van der Waals surface area contributed by atoms with Crippen LogP contribution in [0.2, 0.25) is 0 Å². The summed E-state index contributed by atoms with van der Waals surface area (Å²) in [6.45, 7) is 2.28. The molecule has 1 aliphatic heterocycles. The fraction of sp³-hybridized carbons (Fsp3) is 0.300. The van der Waals surface area contributed by atoms with E-state index in [4.69, 9.17) is 4.74 Å². The Labute approximate surface area is 162 Å². The molecule has 0 saturated carbocycles. The molecule has 2 amide bonds. The average Bonchev–Trinajstić information content (AvgIpc) is 3.09. The van der Waals surface area contributed by atoms with Crippen molar-refractivity contribution in [3.05, 3.63) is 58.1 Å². The minimum Gasteiger partial charge on any atom is -0.497 e. The van der Waals surface area contributed by atoms with Crippen molar-refractivity contribution in [3.8, 4) is 5.75 Å². The zero-order valence-electron chi connectivity index (χ0n) is 15.7. The van der Waals surface area contributed by atoms with Gasteiger partial charge in [-0.25, -0.2) is 0 Å². The number of methoxy groups -OCH3 is 1. The number of benzene rings is 2. The molecule has 1 atom stereocenters. The maximum atomic E-state index is 12.7. The molecule has 28 heavy (non-hydrogen) atoms. The number of amides is 2. The molecule has 3 rings (SSSR count). The Morgan fingerprint density at radius 1 is 1.29 bits per heavy atom. The van der Waals surface area contributed by atoms with Gasteiger partial charge in [0.05, 0.1) is 18.0 Å². The van der Waals surface area contributed by atoms with Gasteiger partial charge in [0.1, 0.15) is 11.4 Å². The third kappa shape index (κ3) is 3.95. The number of nitro groups is 1. The van der Waals surface area contributed by atoms with Crippen molar-refractivity contribution in [1.29, 1.82) is 0 Å². The molecule has 0 aliphatic carbocycles. The van der Waals surface area contributed by atoms with E-state index in [0.29, 0.717) is 5.75 Å². The van der Waals surface area contributed by atoms with E-state index < -0.39 is 16.7 Å². The molecule has 1 N–H and O–H groups in total. The number of carbonyl (C=O) groups is 2. The summed E-state index contributed by atoms with van der Waals surface area (Å²) in [5, 5.41) is 13.8. The first-order chi connectivity index (χ1) is 13.4. The molecule has 0 aromatic heterocycles. The molecule has 1 saturated heterocycles. The van der Waals surface area contributed by atoms with Gasteiger partial charge in [0.15, 0.2) is 0 Å². The number of anilines is 2. The van der Waals surface area contributed by atoms with E-state index in [-0.39, 0.29) is 30.2 Å². The summed E-state index contributed by atoms with van der Waals surface area (Å²) in [5.74, 6) is -0.785. The second-order valence-corrected chi connectivity index (χ2v) is 6.55. The lowest BCUT2D eigenvalue weighted by molar-refractivity contribution is -0.383. The van der Waals surface area contributed by atoms with E-state index in [1.54, 1.807) is 4.90 Å². The summed E-state index contributed by atoms with van der Waals surface area (Å²) < 4.78 is 5.07. The fourth-order valence-electron chi connectivity index (χ4n) is 3.18. The normalized spacial score (nSPS) is 16.1. The first-order valence-electron chi connectivity index (χ1n) is 8.95. The van der Waals surface area contributed by atoms with Crippen molar-refractivity contribution in [2.24, 2.45) is 5.92 Å². The van der Waals surface area contributed by atoms with Crippen molar-refractivity contribution >= 4 is 28.9 Å². The third-order valence-electron chi connectivity index (χ3n) is 4.81. The highest BCUT2D eigenvalue weighted by atomic mass is 16.6. The smallest absolute Gasteiger partial charge is 0.293 e. The monoisotopic (exact) mass is 383 g/mol. The molecule has 1 fully saturated rings. The molecule has 8 nitrogen and oxygen atoms in total. The summed E-state index contributed by atoms with van der Waals surface area (Å²) in [4.78, 5) is 37.3. The van der Waals surface area contributed by atoms with E-state index in [1.165, 1.54) is 25.3 Å². The minimum atomic E-state index is -0.593. The number of carbonyl (C=O) groups excluding carboxylic acids is 2. The molecular formula is C20H21N3O5. The number of ether oxygens (including phenoxy) is 1. The van der Waals surface area contributed by atoms with Crippen LogP contribution in [0.5, 0.6) is 5.75 Å². The van der Waals surface area contributed by atoms with Gasteiger partial charge in [-0.1, -0.05) is 19.1 Å². The molecule has 146 valence electrons. The zero-order chi connectivity index (χ0) is 20.3. The van der Waals surface area contributed by atoms with Gasteiger partial charge in [0.25, 0.3) is 5.69 Å². The van der Waals surface area contributed by atoms with Gasteiger partial charge in [-0.05, 0) is 30.2 Å². The molecule has 1 heterocycles. The van der Waals surface area contributed by atoms with Gasteiger partial charge in [-0.3, -0.25) is 19.7 Å². The lowest BCUT2D eigenvalue weighted by Gasteiger charge is -2.17. The Bertz CT molecular complexity index is 911. The van der Waals surface area contributed by atoms with Crippen molar-refractivity contribution < 1.29 is 19.2 Å². The maximum absolute atomic E-state index is 12.7. The van der Waals surface area contributed by atoms with Gasteiger partial charge in [-0.15, -0.1) is 0 Å². The van der Waals surface area contributed by atoms with Crippen LogP contribution in [0.25, 0.3) is 0 Å². The third-order valence-corrected chi connectivity index (χ3v) is 4.81. The standard InChI is InChI=1S/C20H21N3O5/c1-3-13-4-6-15(7-5-13)22-12-14(10-19(22)24)20(25)21-17-11-16(28-2)8-9-18(17)23(26)27/h4-9,11,14H,3,10,12H2,1-2H3,(H,21,25)/t14-/m0/s1. The van der Waals surface area contributed by atoms with Crippen LogP contribution >= 0.6 is 0 Å². The van der Waals surface area contributed by atoms with Gasteiger partial charge >= 0.3 is 0 Å². The van der Waals surface area contributed by atoms with E-state index in [2.05, 4.69) is 5.32 Å². The van der Waals surface area contributed by atoms with Crippen LogP contribution in [0, 0.1) is 16.0 Å². The zero-order valence-corrected chi connectivity index (χ0v) is 15.7. The Hall–Kier alpha value is -3.42. The molecule has 1 aliphatic rings. The maximum Gasteiger partial charge on any atom is 0.293 e. The second-order valence-electron chi connectivity index (χ2n) is 6.55. The van der Waals surface area contributed by atoms with Crippen LogP contribution < -0.4 is 15.0 Å². The Balaban J connectivity index is 1.75. The second kappa shape index (κ2) is 8.08.